The molecule has 0 atom stereocenters. The van der Waals surface area contributed by atoms with Crippen molar-refractivity contribution in [2.24, 2.45) is 0 Å². The number of benzene rings is 11. The Morgan fingerprint density at radius 2 is 0.516 bits per heavy atom. The van der Waals surface area contributed by atoms with Crippen LogP contribution < -0.4 is 0 Å². The minimum atomic E-state index is 1.04. The average Bonchev–Trinajstić information content (AvgIpc) is 3.34. The molecule has 11 aromatic carbocycles. The van der Waals surface area contributed by atoms with E-state index in [1.807, 2.05) is 0 Å². The zero-order chi connectivity index (χ0) is 41.6. The predicted octanol–water partition coefficient (Wildman–Crippen LogP) is 18.3. The highest BCUT2D eigenvalue weighted by atomic mass is 79.9. The Bertz CT molecular complexity index is 3380. The van der Waals surface area contributed by atoms with Crippen LogP contribution in [0.15, 0.2) is 239 Å². The van der Waals surface area contributed by atoms with Crippen molar-refractivity contribution >= 4 is 64.2 Å². The molecule has 0 radical (unpaired) electrons. The summed E-state index contributed by atoms with van der Waals surface area (Å²) in [7, 11) is 0. The van der Waals surface area contributed by atoms with Crippen LogP contribution in [0.5, 0.6) is 0 Å². The molecule has 0 aliphatic heterocycles. The third kappa shape index (κ3) is 6.86. The molecule has 0 amide bonds. The van der Waals surface area contributed by atoms with Crippen molar-refractivity contribution in [1.82, 2.24) is 0 Å². The van der Waals surface area contributed by atoms with Crippen LogP contribution in [0, 0.1) is 0 Å². The molecule has 292 valence electrons. The van der Waals surface area contributed by atoms with Gasteiger partial charge in [0.1, 0.15) is 0 Å². The van der Waals surface area contributed by atoms with Gasteiger partial charge in [0.2, 0.25) is 0 Å². The lowest BCUT2D eigenvalue weighted by molar-refractivity contribution is 1.55. The highest BCUT2D eigenvalue weighted by Gasteiger charge is 2.28. The summed E-state index contributed by atoms with van der Waals surface area (Å²) in [6, 6.07) is 84.4. The van der Waals surface area contributed by atoms with Gasteiger partial charge in [-0.25, -0.2) is 0 Å². The molecule has 0 spiro atoms. The quantitative estimate of drug-likeness (QED) is 0.140. The number of hydrogen-bond donors (Lipinski definition) is 0. The first-order valence-electron chi connectivity index (χ1n) is 21.0. The molecule has 0 bridgehead atoms. The van der Waals surface area contributed by atoms with Gasteiger partial charge in [-0.1, -0.05) is 214 Å². The number of halogens is 2. The Hall–Kier alpha value is -6.84. The Morgan fingerprint density at radius 1 is 0.194 bits per heavy atom. The van der Waals surface area contributed by atoms with Gasteiger partial charge in [0.25, 0.3) is 0 Å². The average molecular weight is 919 g/mol. The molecule has 0 fully saturated rings. The lowest BCUT2D eigenvalue weighted by atomic mass is 9.75. The van der Waals surface area contributed by atoms with E-state index in [1.165, 1.54) is 88.0 Å². The van der Waals surface area contributed by atoms with Crippen LogP contribution in [0.4, 0.5) is 0 Å². The molecule has 0 saturated carbocycles. The Balaban J connectivity index is 1.44. The number of rotatable bonds is 7. The summed E-state index contributed by atoms with van der Waals surface area (Å²) in [5, 5.41) is 7.29. The van der Waals surface area contributed by atoms with Gasteiger partial charge in [0.05, 0.1) is 0 Å². The molecule has 62 heavy (non-hydrogen) atoms. The first-order chi connectivity index (χ1) is 30.6. The monoisotopic (exact) mass is 916 g/mol. The summed E-state index contributed by atoms with van der Waals surface area (Å²) in [5.41, 5.74) is 16.5. The molecular weight excluding hydrogens is 880 g/mol. The molecular formula is C60H38Br2. The molecule has 0 heterocycles. The standard InChI is InChI=1S/C60H38Br2/c61-49-29-31-51-52-32-30-50(62)38-54(52)60-56(43-25-14-5-15-26-43)58(48-35-46(40-19-8-2-9-20-40)34-47(36-48)41-21-10-3-11-22-41)57(45-28-16-27-44(33-45)39-17-6-1-7-18-39)55(59(60)53(51)37-49)42-23-12-4-13-24-42/h1-38H. The van der Waals surface area contributed by atoms with Gasteiger partial charge in [-0.3, -0.25) is 0 Å². The molecule has 0 N–H and O–H groups in total. The highest BCUT2D eigenvalue weighted by molar-refractivity contribution is 9.10. The van der Waals surface area contributed by atoms with Crippen molar-refractivity contribution < 1.29 is 0 Å². The predicted molar refractivity (Wildman–Crippen MR) is 272 cm³/mol. The Kier molecular flexibility index (Phi) is 9.97. The molecule has 0 aliphatic rings. The van der Waals surface area contributed by atoms with Crippen LogP contribution in [-0.4, -0.2) is 0 Å². The van der Waals surface area contributed by atoms with E-state index >= 15 is 0 Å². The van der Waals surface area contributed by atoms with Gasteiger partial charge in [0, 0.05) is 8.95 Å². The van der Waals surface area contributed by atoms with E-state index in [9.17, 15) is 0 Å². The maximum atomic E-state index is 3.95. The maximum absolute atomic E-state index is 3.95. The molecule has 2 heteroatoms. The molecule has 11 rings (SSSR count). The summed E-state index contributed by atoms with van der Waals surface area (Å²) in [6.45, 7) is 0. The van der Waals surface area contributed by atoms with E-state index in [0.29, 0.717) is 0 Å². The van der Waals surface area contributed by atoms with E-state index < -0.39 is 0 Å². The van der Waals surface area contributed by atoms with Crippen LogP contribution in [0.1, 0.15) is 0 Å². The molecule has 0 aliphatic carbocycles. The van der Waals surface area contributed by atoms with E-state index in [1.54, 1.807) is 0 Å². The summed E-state index contributed by atoms with van der Waals surface area (Å²) in [4.78, 5) is 0. The van der Waals surface area contributed by atoms with Gasteiger partial charge in [-0.15, -0.1) is 0 Å². The van der Waals surface area contributed by atoms with Crippen LogP contribution in [-0.2, 0) is 0 Å². The normalized spacial score (nSPS) is 11.4. The number of hydrogen-bond acceptors (Lipinski definition) is 0. The van der Waals surface area contributed by atoms with E-state index in [4.69, 9.17) is 0 Å². The van der Waals surface area contributed by atoms with Crippen LogP contribution in [0.3, 0.4) is 0 Å². The topological polar surface area (TPSA) is 0 Å². The summed E-state index contributed by atoms with van der Waals surface area (Å²) >= 11 is 7.89. The van der Waals surface area contributed by atoms with Crippen molar-refractivity contribution in [3.05, 3.63) is 239 Å². The molecule has 0 aromatic heterocycles. The van der Waals surface area contributed by atoms with Gasteiger partial charge in [-0.2, -0.15) is 0 Å². The second-order valence-electron chi connectivity index (χ2n) is 15.8. The van der Waals surface area contributed by atoms with Crippen LogP contribution in [0.2, 0.25) is 0 Å². The Morgan fingerprint density at radius 3 is 0.952 bits per heavy atom. The van der Waals surface area contributed by atoms with Crippen LogP contribution >= 0.6 is 31.9 Å². The second kappa shape index (κ2) is 16.2. The van der Waals surface area contributed by atoms with Crippen molar-refractivity contribution in [2.75, 3.05) is 0 Å². The van der Waals surface area contributed by atoms with Gasteiger partial charge in [0.15, 0.2) is 0 Å². The first kappa shape index (κ1) is 38.1. The summed E-state index contributed by atoms with van der Waals surface area (Å²) in [5.74, 6) is 0. The lowest BCUT2D eigenvalue weighted by Gasteiger charge is -2.27. The third-order valence-electron chi connectivity index (χ3n) is 12.1. The molecule has 0 unspecified atom stereocenters. The van der Waals surface area contributed by atoms with Crippen molar-refractivity contribution in [3.63, 3.8) is 0 Å². The highest BCUT2D eigenvalue weighted by Crippen LogP contribution is 2.55. The van der Waals surface area contributed by atoms with Crippen LogP contribution in [0.25, 0.3) is 110 Å². The SMILES string of the molecule is Brc1ccc2c3ccc(Br)cc3c3c(-c4ccccc4)c(-c4cc(-c5ccccc5)cc(-c5ccccc5)c4)c(-c4cccc(-c5ccccc5)c4)c(-c4ccccc4)c3c2c1. The zero-order valence-corrected chi connectivity index (χ0v) is 36.9. The van der Waals surface area contributed by atoms with E-state index in [0.717, 1.165) is 31.2 Å². The Labute approximate surface area is 379 Å². The fourth-order valence-electron chi connectivity index (χ4n) is 9.42. The summed E-state index contributed by atoms with van der Waals surface area (Å²) in [6.07, 6.45) is 0. The van der Waals surface area contributed by atoms with Gasteiger partial charge < -0.3 is 0 Å². The maximum Gasteiger partial charge on any atom is 0.0181 e. The van der Waals surface area contributed by atoms with Crippen molar-refractivity contribution in [1.29, 1.82) is 0 Å². The smallest absolute Gasteiger partial charge is 0.0181 e. The van der Waals surface area contributed by atoms with Crippen molar-refractivity contribution in [2.45, 2.75) is 0 Å². The third-order valence-corrected chi connectivity index (χ3v) is 13.1. The zero-order valence-electron chi connectivity index (χ0n) is 33.7. The first-order valence-corrected chi connectivity index (χ1v) is 22.5. The molecule has 11 aromatic rings. The molecule has 0 nitrogen and oxygen atoms in total. The fraction of sp³-hybridized carbons (Fsp3) is 0. The molecule has 0 saturated heterocycles. The second-order valence-corrected chi connectivity index (χ2v) is 17.7. The largest absolute Gasteiger partial charge is 0.0622 e. The van der Waals surface area contributed by atoms with E-state index in [-0.39, 0.29) is 0 Å². The van der Waals surface area contributed by atoms with Crippen molar-refractivity contribution in [3.8, 4) is 77.9 Å². The lowest BCUT2D eigenvalue weighted by Crippen LogP contribution is -2.00. The van der Waals surface area contributed by atoms with Gasteiger partial charge in [-0.05, 0) is 159 Å². The minimum absolute atomic E-state index is 1.04. The fourth-order valence-corrected chi connectivity index (χ4v) is 10.1. The van der Waals surface area contributed by atoms with Gasteiger partial charge >= 0.3 is 0 Å². The number of fused-ring (bicyclic) bond motifs is 6. The van der Waals surface area contributed by atoms with E-state index in [2.05, 4.69) is 262 Å². The minimum Gasteiger partial charge on any atom is -0.0622 e. The summed E-state index contributed by atoms with van der Waals surface area (Å²) < 4.78 is 2.09.